The molecule has 0 aliphatic carbocycles. The minimum absolute atomic E-state index is 0.109. The van der Waals surface area contributed by atoms with E-state index in [1.165, 1.54) is 13.0 Å². The van der Waals surface area contributed by atoms with E-state index in [9.17, 15) is 9.59 Å². The van der Waals surface area contributed by atoms with E-state index >= 15 is 0 Å². The highest BCUT2D eigenvalue weighted by atomic mass is 127. The third-order valence-corrected chi connectivity index (χ3v) is 2.96. The van der Waals surface area contributed by atoms with Crippen LogP contribution in [0.15, 0.2) is 12.1 Å². The summed E-state index contributed by atoms with van der Waals surface area (Å²) in [5.74, 6) is -0.109. The van der Waals surface area contributed by atoms with Crippen molar-refractivity contribution >= 4 is 34.7 Å². The zero-order valence-electron chi connectivity index (χ0n) is 7.37. The van der Waals surface area contributed by atoms with Gasteiger partial charge in [-0.15, -0.1) is 0 Å². The molecular formula is C10H6INO2. The summed E-state index contributed by atoms with van der Waals surface area (Å²) >= 11 is 1.90. The molecule has 1 aromatic rings. The molecule has 0 spiro atoms. The largest absolute Gasteiger partial charge is 0.298 e. The summed E-state index contributed by atoms with van der Waals surface area (Å²) in [4.78, 5) is 21.8. The van der Waals surface area contributed by atoms with Crippen LogP contribution in [-0.2, 0) is 0 Å². The number of aldehydes is 1. The zero-order chi connectivity index (χ0) is 10.7. The molecule has 1 rings (SSSR count). The first-order chi connectivity index (χ1) is 6.61. The molecule has 0 aliphatic rings. The van der Waals surface area contributed by atoms with Crippen LogP contribution in [0, 0.1) is 14.9 Å². The molecule has 0 fully saturated rings. The maximum absolute atomic E-state index is 11.1. The molecule has 14 heavy (non-hydrogen) atoms. The average Bonchev–Trinajstić information content (AvgIpc) is 2.16. The summed E-state index contributed by atoms with van der Waals surface area (Å²) in [5.41, 5.74) is 1.07. The second-order valence-corrected chi connectivity index (χ2v) is 3.75. The Labute approximate surface area is 94.9 Å². The van der Waals surface area contributed by atoms with Crippen LogP contribution in [0.5, 0.6) is 0 Å². The SMILES string of the molecule is CC(=O)c1ccc(C#N)c(C=O)c1I. The minimum atomic E-state index is -0.109. The van der Waals surface area contributed by atoms with Crippen LogP contribution in [0.2, 0.25) is 0 Å². The third-order valence-electron chi connectivity index (χ3n) is 1.80. The first-order valence-corrected chi connectivity index (χ1v) is 4.88. The molecule has 0 heterocycles. The van der Waals surface area contributed by atoms with Crippen LogP contribution in [-0.4, -0.2) is 12.1 Å². The first-order valence-electron chi connectivity index (χ1n) is 3.80. The van der Waals surface area contributed by atoms with Crippen molar-refractivity contribution in [3.8, 4) is 6.07 Å². The number of hydrogen-bond donors (Lipinski definition) is 0. The van der Waals surface area contributed by atoms with E-state index in [0.29, 0.717) is 26.5 Å². The standard InChI is InChI=1S/C10H6INO2/c1-6(14)8-3-2-7(4-12)9(5-13)10(8)11/h2-3,5H,1H3. The van der Waals surface area contributed by atoms with Crippen LogP contribution in [0.25, 0.3) is 0 Å². The number of benzene rings is 1. The Kier molecular flexibility index (Phi) is 3.36. The molecule has 4 heteroatoms. The van der Waals surface area contributed by atoms with Gasteiger partial charge in [-0.2, -0.15) is 5.26 Å². The molecule has 0 aromatic heterocycles. The zero-order valence-corrected chi connectivity index (χ0v) is 9.53. The fourth-order valence-electron chi connectivity index (χ4n) is 1.08. The number of ketones is 1. The van der Waals surface area contributed by atoms with Gasteiger partial charge >= 0.3 is 0 Å². The summed E-state index contributed by atoms with van der Waals surface area (Å²) in [7, 11) is 0. The quantitative estimate of drug-likeness (QED) is 0.478. The normalized spacial score (nSPS) is 9.21. The van der Waals surface area contributed by atoms with Crippen LogP contribution in [0.1, 0.15) is 33.2 Å². The van der Waals surface area contributed by atoms with Crippen molar-refractivity contribution in [1.29, 1.82) is 5.26 Å². The van der Waals surface area contributed by atoms with Gasteiger partial charge in [0.15, 0.2) is 12.1 Å². The van der Waals surface area contributed by atoms with Gasteiger partial charge in [-0.3, -0.25) is 9.59 Å². The summed E-state index contributed by atoms with van der Waals surface area (Å²) in [6.45, 7) is 1.43. The van der Waals surface area contributed by atoms with Gasteiger partial charge < -0.3 is 0 Å². The van der Waals surface area contributed by atoms with Gasteiger partial charge in [0.05, 0.1) is 11.6 Å². The van der Waals surface area contributed by atoms with Crippen molar-refractivity contribution in [3.05, 3.63) is 32.4 Å². The van der Waals surface area contributed by atoms with E-state index in [1.807, 2.05) is 28.7 Å². The predicted molar refractivity (Wildman–Crippen MR) is 59.3 cm³/mol. The second-order valence-electron chi connectivity index (χ2n) is 2.67. The lowest BCUT2D eigenvalue weighted by molar-refractivity contribution is 0.101. The van der Waals surface area contributed by atoms with Gasteiger partial charge in [0.1, 0.15) is 0 Å². The molecule has 0 atom stereocenters. The smallest absolute Gasteiger partial charge is 0.160 e. The van der Waals surface area contributed by atoms with Crippen LogP contribution < -0.4 is 0 Å². The minimum Gasteiger partial charge on any atom is -0.298 e. The van der Waals surface area contributed by atoms with Crippen molar-refractivity contribution in [2.75, 3.05) is 0 Å². The van der Waals surface area contributed by atoms with Gasteiger partial charge in [0, 0.05) is 14.7 Å². The summed E-state index contributed by atoms with van der Waals surface area (Å²) in [6.07, 6.45) is 0.604. The van der Waals surface area contributed by atoms with Crippen LogP contribution in [0.4, 0.5) is 0 Å². The molecule has 0 amide bonds. The maximum Gasteiger partial charge on any atom is 0.160 e. The van der Waals surface area contributed by atoms with Gasteiger partial charge in [-0.05, 0) is 41.6 Å². The highest BCUT2D eigenvalue weighted by Gasteiger charge is 2.12. The average molecular weight is 299 g/mol. The fourth-order valence-corrected chi connectivity index (χ4v) is 2.05. The van der Waals surface area contributed by atoms with Crippen molar-refractivity contribution < 1.29 is 9.59 Å². The van der Waals surface area contributed by atoms with E-state index in [1.54, 1.807) is 6.07 Å². The molecule has 70 valence electrons. The predicted octanol–water partition coefficient (Wildman–Crippen LogP) is 2.18. The molecule has 0 radical (unpaired) electrons. The Hall–Kier alpha value is -1.22. The van der Waals surface area contributed by atoms with Gasteiger partial charge in [-0.25, -0.2) is 0 Å². The number of nitriles is 1. The van der Waals surface area contributed by atoms with E-state index in [2.05, 4.69) is 0 Å². The van der Waals surface area contributed by atoms with E-state index < -0.39 is 0 Å². The monoisotopic (exact) mass is 299 g/mol. The first kappa shape index (κ1) is 10.9. The number of halogens is 1. The molecule has 1 aromatic carbocycles. The Bertz CT molecular complexity index is 446. The van der Waals surface area contributed by atoms with E-state index in [4.69, 9.17) is 5.26 Å². The highest BCUT2D eigenvalue weighted by Crippen LogP contribution is 2.20. The van der Waals surface area contributed by atoms with Gasteiger partial charge in [-0.1, -0.05) is 0 Å². The lowest BCUT2D eigenvalue weighted by Crippen LogP contribution is -2.02. The number of nitrogens with zero attached hydrogens (tertiary/aromatic N) is 1. The summed E-state index contributed by atoms with van der Waals surface area (Å²) < 4.78 is 0.546. The third kappa shape index (κ3) is 1.82. The van der Waals surface area contributed by atoms with Crippen molar-refractivity contribution in [2.24, 2.45) is 0 Å². The van der Waals surface area contributed by atoms with E-state index in [0.717, 1.165) is 0 Å². The maximum atomic E-state index is 11.1. The van der Waals surface area contributed by atoms with Crippen LogP contribution >= 0.6 is 22.6 Å². The number of rotatable bonds is 2. The van der Waals surface area contributed by atoms with Crippen LogP contribution in [0.3, 0.4) is 0 Å². The van der Waals surface area contributed by atoms with E-state index in [-0.39, 0.29) is 5.78 Å². The summed E-state index contributed by atoms with van der Waals surface area (Å²) in [5, 5.41) is 8.71. The van der Waals surface area contributed by atoms with Crippen molar-refractivity contribution in [1.82, 2.24) is 0 Å². The number of hydrogen-bond acceptors (Lipinski definition) is 3. The molecule has 0 aliphatic heterocycles. The second kappa shape index (κ2) is 4.33. The number of carbonyl (C=O) groups excluding carboxylic acids is 2. The molecule has 0 saturated carbocycles. The number of Topliss-reactive ketones (excluding diaryl/α,β-unsaturated/α-hetero) is 1. The fraction of sp³-hybridized carbons (Fsp3) is 0.100. The Morgan fingerprint density at radius 3 is 2.64 bits per heavy atom. The van der Waals surface area contributed by atoms with Gasteiger partial charge in [0.25, 0.3) is 0 Å². The molecule has 0 bridgehead atoms. The van der Waals surface area contributed by atoms with Crippen molar-refractivity contribution in [3.63, 3.8) is 0 Å². The van der Waals surface area contributed by atoms with Gasteiger partial charge in [0.2, 0.25) is 0 Å². The highest BCUT2D eigenvalue weighted by molar-refractivity contribution is 14.1. The topological polar surface area (TPSA) is 57.9 Å². The Morgan fingerprint density at radius 2 is 2.21 bits per heavy atom. The molecule has 0 N–H and O–H groups in total. The van der Waals surface area contributed by atoms with Crippen molar-refractivity contribution in [2.45, 2.75) is 6.92 Å². The molecule has 0 saturated heterocycles. The molecular weight excluding hydrogens is 293 g/mol. The Morgan fingerprint density at radius 1 is 1.57 bits per heavy atom. The molecule has 0 unspecified atom stereocenters. The lowest BCUT2D eigenvalue weighted by Gasteiger charge is -2.03. The lowest BCUT2D eigenvalue weighted by atomic mass is 10.0. The summed E-state index contributed by atoms with van der Waals surface area (Å²) in [6, 6.07) is 4.96. The molecule has 3 nitrogen and oxygen atoms in total. The Balaban J connectivity index is 3.52. The number of carbonyl (C=O) groups is 2.